The second kappa shape index (κ2) is 15.1. The zero-order chi connectivity index (χ0) is 29.9. The van der Waals surface area contributed by atoms with Crippen molar-refractivity contribution in [1.29, 1.82) is 0 Å². The first kappa shape index (κ1) is 31.4. The standard InChI is InChI=1S/C31H37ClN4O5/c1-5-36(6-2)28-15-12-22(34-29(37)18-33-4)17-24(28)30(38)35-27(31(39)40)16-21-10-13-23(14-11-21)41-19-25-20(3)8-7-9-26(25)32/h7-15,17,27,33H,5-6,16,18-19H2,1-4H3,(H,34,37)(H,35,38)(H,39,40). The Kier molecular flexibility index (Phi) is 11.6. The molecular formula is C31H37ClN4O5. The summed E-state index contributed by atoms with van der Waals surface area (Å²) in [6.07, 6.45) is 0.0736. The molecule has 0 saturated carbocycles. The van der Waals surface area contributed by atoms with Crippen LogP contribution < -0.4 is 25.6 Å². The predicted octanol–water partition coefficient (Wildman–Crippen LogP) is 4.66. The van der Waals surface area contributed by atoms with Crippen molar-refractivity contribution in [3.05, 3.63) is 87.9 Å². The van der Waals surface area contributed by atoms with Gasteiger partial charge in [-0.3, -0.25) is 9.59 Å². The van der Waals surface area contributed by atoms with Gasteiger partial charge in [-0.2, -0.15) is 0 Å². The minimum atomic E-state index is -1.17. The Hall–Kier alpha value is -4.08. The Morgan fingerprint density at radius 3 is 2.34 bits per heavy atom. The molecule has 0 aliphatic rings. The Morgan fingerprint density at radius 1 is 1.02 bits per heavy atom. The summed E-state index contributed by atoms with van der Waals surface area (Å²) in [6.45, 7) is 7.62. The molecule has 0 aromatic heterocycles. The lowest BCUT2D eigenvalue weighted by Crippen LogP contribution is -2.43. The van der Waals surface area contributed by atoms with Gasteiger partial charge in [0, 0.05) is 41.5 Å². The second-order valence-corrected chi connectivity index (χ2v) is 9.93. The third-order valence-corrected chi connectivity index (χ3v) is 7.02. The molecule has 2 amide bonds. The maximum atomic E-state index is 13.4. The van der Waals surface area contributed by atoms with Gasteiger partial charge in [-0.15, -0.1) is 0 Å². The molecule has 0 bridgehead atoms. The highest BCUT2D eigenvalue weighted by atomic mass is 35.5. The molecule has 9 nitrogen and oxygen atoms in total. The summed E-state index contributed by atoms with van der Waals surface area (Å²) in [5, 5.41) is 18.8. The number of carboxylic acid groups (broad SMARTS) is 1. The lowest BCUT2D eigenvalue weighted by Gasteiger charge is -2.25. The summed E-state index contributed by atoms with van der Waals surface area (Å²) in [5.41, 5.74) is 4.03. The third kappa shape index (κ3) is 8.70. The van der Waals surface area contributed by atoms with Crippen LogP contribution in [0.15, 0.2) is 60.7 Å². The van der Waals surface area contributed by atoms with E-state index in [1.165, 1.54) is 0 Å². The average Bonchev–Trinajstić information content (AvgIpc) is 2.94. The second-order valence-electron chi connectivity index (χ2n) is 9.52. The summed E-state index contributed by atoms with van der Waals surface area (Å²) in [7, 11) is 1.66. The molecule has 1 unspecified atom stereocenters. The number of rotatable bonds is 14. The minimum absolute atomic E-state index is 0.0736. The van der Waals surface area contributed by atoms with Crippen molar-refractivity contribution < 1.29 is 24.2 Å². The van der Waals surface area contributed by atoms with Crippen LogP contribution in [0.1, 0.15) is 40.9 Å². The molecule has 1 atom stereocenters. The first-order valence-corrected chi connectivity index (χ1v) is 13.9. The number of carboxylic acids is 1. The number of aliphatic carboxylic acids is 1. The zero-order valence-electron chi connectivity index (χ0n) is 23.8. The van der Waals surface area contributed by atoms with Crippen molar-refractivity contribution in [1.82, 2.24) is 10.6 Å². The highest BCUT2D eigenvalue weighted by molar-refractivity contribution is 6.31. The van der Waals surface area contributed by atoms with E-state index in [1.807, 2.05) is 43.9 Å². The SMILES string of the molecule is CCN(CC)c1ccc(NC(=O)CNC)cc1C(=O)NC(Cc1ccc(OCc2c(C)cccc2Cl)cc1)C(=O)O. The number of nitrogens with zero attached hydrogens (tertiary/aromatic N) is 1. The number of carbonyl (C=O) groups excluding carboxylic acids is 2. The first-order valence-electron chi connectivity index (χ1n) is 13.5. The molecule has 0 saturated heterocycles. The van der Waals surface area contributed by atoms with E-state index in [4.69, 9.17) is 16.3 Å². The summed E-state index contributed by atoms with van der Waals surface area (Å²) in [5.74, 6) is -1.34. The van der Waals surface area contributed by atoms with E-state index in [0.29, 0.717) is 41.8 Å². The molecular weight excluding hydrogens is 544 g/mol. The topological polar surface area (TPSA) is 120 Å². The van der Waals surface area contributed by atoms with Crippen LogP contribution in [0.4, 0.5) is 11.4 Å². The number of anilines is 2. The van der Waals surface area contributed by atoms with Crippen molar-refractivity contribution in [2.45, 2.75) is 39.8 Å². The Balaban J connectivity index is 1.75. The van der Waals surface area contributed by atoms with Gasteiger partial charge in [0.05, 0.1) is 12.1 Å². The van der Waals surface area contributed by atoms with Crippen LogP contribution in [0.5, 0.6) is 5.75 Å². The van der Waals surface area contributed by atoms with Crippen molar-refractivity contribution in [3.8, 4) is 5.75 Å². The lowest BCUT2D eigenvalue weighted by atomic mass is 10.0. The normalized spacial score (nSPS) is 11.4. The Bertz CT molecular complexity index is 1340. The molecule has 0 radical (unpaired) electrons. The van der Waals surface area contributed by atoms with E-state index in [-0.39, 0.29) is 24.4 Å². The summed E-state index contributed by atoms with van der Waals surface area (Å²) in [6, 6.07) is 16.6. The van der Waals surface area contributed by atoms with Gasteiger partial charge in [-0.05, 0) is 75.3 Å². The molecule has 3 aromatic rings. The van der Waals surface area contributed by atoms with Gasteiger partial charge in [-0.1, -0.05) is 35.9 Å². The number of ether oxygens (including phenoxy) is 1. The number of aryl methyl sites for hydroxylation is 1. The third-order valence-electron chi connectivity index (χ3n) is 6.67. The minimum Gasteiger partial charge on any atom is -0.489 e. The molecule has 0 aliphatic heterocycles. The van der Waals surface area contributed by atoms with Crippen molar-refractivity contribution in [2.24, 2.45) is 0 Å². The quantitative estimate of drug-likeness (QED) is 0.219. The molecule has 3 rings (SSSR count). The predicted molar refractivity (Wildman–Crippen MR) is 162 cm³/mol. The van der Waals surface area contributed by atoms with E-state index in [2.05, 4.69) is 16.0 Å². The Labute approximate surface area is 245 Å². The van der Waals surface area contributed by atoms with Crippen LogP contribution in [0.2, 0.25) is 5.02 Å². The Morgan fingerprint density at radius 2 is 1.73 bits per heavy atom. The fourth-order valence-corrected chi connectivity index (χ4v) is 4.68. The molecule has 0 aliphatic carbocycles. The number of hydrogen-bond acceptors (Lipinski definition) is 6. The van der Waals surface area contributed by atoms with Crippen LogP contribution in [0.3, 0.4) is 0 Å². The smallest absolute Gasteiger partial charge is 0.326 e. The number of carbonyl (C=O) groups is 3. The van der Waals surface area contributed by atoms with Gasteiger partial charge < -0.3 is 30.7 Å². The summed E-state index contributed by atoms with van der Waals surface area (Å²) < 4.78 is 5.89. The molecule has 218 valence electrons. The van der Waals surface area contributed by atoms with Gasteiger partial charge in [0.1, 0.15) is 18.4 Å². The van der Waals surface area contributed by atoms with Crippen molar-refractivity contribution >= 4 is 40.8 Å². The largest absolute Gasteiger partial charge is 0.489 e. The van der Waals surface area contributed by atoms with Crippen LogP contribution >= 0.6 is 11.6 Å². The van der Waals surface area contributed by atoms with Gasteiger partial charge in [-0.25, -0.2) is 4.79 Å². The van der Waals surface area contributed by atoms with Crippen LogP contribution in [-0.2, 0) is 22.6 Å². The number of halogens is 1. The highest BCUT2D eigenvalue weighted by Gasteiger charge is 2.24. The first-order chi connectivity index (χ1) is 19.7. The van der Waals surface area contributed by atoms with E-state index < -0.39 is 17.9 Å². The average molecular weight is 581 g/mol. The summed E-state index contributed by atoms with van der Waals surface area (Å²) in [4.78, 5) is 39.7. The van der Waals surface area contributed by atoms with Gasteiger partial charge in [0.25, 0.3) is 5.91 Å². The van der Waals surface area contributed by atoms with Crippen molar-refractivity contribution in [2.75, 3.05) is 36.9 Å². The van der Waals surface area contributed by atoms with E-state index in [0.717, 1.165) is 16.7 Å². The fraction of sp³-hybridized carbons (Fsp3) is 0.323. The maximum Gasteiger partial charge on any atom is 0.326 e. The van der Waals surface area contributed by atoms with E-state index in [9.17, 15) is 19.5 Å². The molecule has 3 aromatic carbocycles. The number of hydrogen-bond donors (Lipinski definition) is 4. The molecule has 10 heteroatoms. The number of nitrogens with one attached hydrogen (secondary N) is 3. The molecule has 0 spiro atoms. The van der Waals surface area contributed by atoms with Crippen LogP contribution in [0.25, 0.3) is 0 Å². The van der Waals surface area contributed by atoms with Crippen LogP contribution in [-0.4, -0.2) is 55.6 Å². The number of benzene rings is 3. The number of amides is 2. The monoisotopic (exact) mass is 580 g/mol. The summed E-state index contributed by atoms with van der Waals surface area (Å²) >= 11 is 6.29. The van der Waals surface area contributed by atoms with Gasteiger partial charge in [0.2, 0.25) is 5.91 Å². The van der Waals surface area contributed by atoms with Crippen LogP contribution in [0, 0.1) is 6.92 Å². The van der Waals surface area contributed by atoms with Gasteiger partial charge >= 0.3 is 5.97 Å². The highest BCUT2D eigenvalue weighted by Crippen LogP contribution is 2.26. The maximum absolute atomic E-state index is 13.4. The van der Waals surface area contributed by atoms with Gasteiger partial charge in [0.15, 0.2) is 0 Å². The van der Waals surface area contributed by atoms with E-state index >= 15 is 0 Å². The van der Waals surface area contributed by atoms with Crippen molar-refractivity contribution in [3.63, 3.8) is 0 Å². The lowest BCUT2D eigenvalue weighted by molar-refractivity contribution is -0.139. The molecule has 0 heterocycles. The zero-order valence-corrected chi connectivity index (χ0v) is 24.5. The fourth-order valence-electron chi connectivity index (χ4n) is 4.40. The van der Waals surface area contributed by atoms with E-state index in [1.54, 1.807) is 49.5 Å². The number of likely N-dealkylation sites (N-methyl/N-ethyl adjacent to an activating group) is 1. The molecule has 41 heavy (non-hydrogen) atoms. The molecule has 0 fully saturated rings. The molecule has 4 N–H and O–H groups in total.